The fraction of sp³-hybridized carbons (Fsp3) is 0.385. The number of hydrogen-bond acceptors (Lipinski definition) is 3. The molecule has 102 valence electrons. The minimum atomic E-state index is -0.609. The van der Waals surface area contributed by atoms with Gasteiger partial charge in [0.25, 0.3) is 0 Å². The Morgan fingerprint density at radius 1 is 1.47 bits per heavy atom. The molecule has 0 bridgehead atoms. The molecule has 0 aliphatic heterocycles. The second-order valence-electron chi connectivity index (χ2n) is 4.70. The fourth-order valence-electron chi connectivity index (χ4n) is 1.24. The summed E-state index contributed by atoms with van der Waals surface area (Å²) in [5.74, 6) is 0.367. The van der Waals surface area contributed by atoms with Gasteiger partial charge in [-0.15, -0.1) is 0 Å². The number of halogens is 1. The summed E-state index contributed by atoms with van der Waals surface area (Å²) in [6, 6.07) is 4.73. The van der Waals surface area contributed by atoms with E-state index in [1.54, 1.807) is 32.9 Å². The number of anilines is 1. The average Bonchev–Trinajstić information content (AvgIpc) is 2.25. The number of hydrogen-bond donors (Lipinski definition) is 1. The summed E-state index contributed by atoms with van der Waals surface area (Å²) in [6.45, 7) is 11.8. The zero-order valence-corrected chi connectivity index (χ0v) is 11.7. The van der Waals surface area contributed by atoms with E-state index in [9.17, 15) is 4.79 Å². The molecular formula is C13H15ClN2O3. The molecule has 0 radical (unpaired) electrons. The molecule has 0 atom stereocenters. The van der Waals surface area contributed by atoms with E-state index in [0.717, 1.165) is 0 Å². The van der Waals surface area contributed by atoms with E-state index in [1.807, 2.05) is 0 Å². The second-order valence-corrected chi connectivity index (χ2v) is 5.14. The van der Waals surface area contributed by atoms with Crippen molar-refractivity contribution >= 4 is 23.4 Å². The lowest BCUT2D eigenvalue weighted by Gasteiger charge is -2.20. The lowest BCUT2D eigenvalue weighted by molar-refractivity contribution is 0.0635. The van der Waals surface area contributed by atoms with Gasteiger partial charge >= 0.3 is 12.8 Å². The number of nitrogens with one attached hydrogen (secondary N) is 1. The molecule has 0 saturated carbocycles. The van der Waals surface area contributed by atoms with Crippen LogP contribution in [0.25, 0.3) is 4.85 Å². The van der Waals surface area contributed by atoms with Crippen molar-refractivity contribution in [1.29, 1.82) is 0 Å². The molecule has 0 saturated heterocycles. The maximum Gasteiger partial charge on any atom is 0.412 e. The maximum absolute atomic E-state index is 11.7. The van der Waals surface area contributed by atoms with Crippen LogP contribution in [0.2, 0.25) is 5.02 Å². The minimum Gasteiger partial charge on any atom is -0.444 e. The first kappa shape index (κ1) is 15.1. The van der Waals surface area contributed by atoms with Gasteiger partial charge < -0.3 is 9.47 Å². The van der Waals surface area contributed by atoms with Gasteiger partial charge in [0.15, 0.2) is 5.75 Å². The van der Waals surface area contributed by atoms with E-state index >= 15 is 0 Å². The largest absolute Gasteiger partial charge is 0.444 e. The Balaban J connectivity index is 2.84. The highest BCUT2D eigenvalue weighted by Gasteiger charge is 2.17. The van der Waals surface area contributed by atoms with Gasteiger partial charge in [0, 0.05) is 5.02 Å². The summed E-state index contributed by atoms with van der Waals surface area (Å²) in [7, 11) is 0. The van der Waals surface area contributed by atoms with Gasteiger partial charge in [-0.2, -0.15) is 0 Å². The van der Waals surface area contributed by atoms with E-state index in [-0.39, 0.29) is 6.73 Å². The second kappa shape index (κ2) is 6.30. The van der Waals surface area contributed by atoms with Crippen LogP contribution < -0.4 is 10.1 Å². The van der Waals surface area contributed by atoms with E-state index in [4.69, 9.17) is 27.6 Å². The van der Waals surface area contributed by atoms with E-state index < -0.39 is 11.7 Å². The standard InChI is InChI=1S/C13H15ClN2O3/c1-13(2,3)19-12(17)16-10-7-9(14)5-6-11(10)18-8-15-4/h5-7H,8H2,1-3H3,(H,16,17). The smallest absolute Gasteiger partial charge is 0.412 e. The van der Waals surface area contributed by atoms with Crippen LogP contribution >= 0.6 is 11.6 Å². The van der Waals surface area contributed by atoms with Crippen molar-refractivity contribution in [2.75, 3.05) is 12.0 Å². The molecule has 0 unspecified atom stereocenters. The van der Waals surface area contributed by atoms with Crippen molar-refractivity contribution in [3.05, 3.63) is 34.6 Å². The molecule has 0 fully saturated rings. The van der Waals surface area contributed by atoms with Crippen LogP contribution in [0.1, 0.15) is 20.8 Å². The molecule has 5 nitrogen and oxygen atoms in total. The number of rotatable bonds is 3. The van der Waals surface area contributed by atoms with Gasteiger partial charge in [-0.05, 0) is 39.0 Å². The van der Waals surface area contributed by atoms with Crippen molar-refractivity contribution in [3.63, 3.8) is 0 Å². The zero-order valence-electron chi connectivity index (χ0n) is 11.0. The Hall–Kier alpha value is -1.93. The molecule has 1 amide bonds. The number of ether oxygens (including phenoxy) is 2. The van der Waals surface area contributed by atoms with Gasteiger partial charge in [-0.3, -0.25) is 10.2 Å². The highest BCUT2D eigenvalue weighted by molar-refractivity contribution is 6.31. The van der Waals surface area contributed by atoms with Crippen LogP contribution in [0.4, 0.5) is 10.5 Å². The van der Waals surface area contributed by atoms with Crippen LogP contribution in [-0.4, -0.2) is 18.4 Å². The van der Waals surface area contributed by atoms with Gasteiger partial charge in [0.05, 0.1) is 5.69 Å². The summed E-state index contributed by atoms with van der Waals surface area (Å²) >= 11 is 5.86. The summed E-state index contributed by atoms with van der Waals surface area (Å²) in [6.07, 6.45) is -0.609. The van der Waals surface area contributed by atoms with Crippen LogP contribution in [0.3, 0.4) is 0 Å². The Morgan fingerprint density at radius 3 is 2.74 bits per heavy atom. The summed E-state index contributed by atoms with van der Waals surface area (Å²) in [4.78, 5) is 14.8. The van der Waals surface area contributed by atoms with Gasteiger partial charge in [-0.1, -0.05) is 11.6 Å². The van der Waals surface area contributed by atoms with Gasteiger partial charge in [-0.25, -0.2) is 11.4 Å². The Labute approximate surface area is 117 Å². The topological polar surface area (TPSA) is 51.9 Å². The molecule has 1 N–H and O–H groups in total. The number of nitrogens with zero attached hydrogens (tertiary/aromatic N) is 1. The molecule has 0 aliphatic carbocycles. The van der Waals surface area contributed by atoms with Crippen LogP contribution in [0.5, 0.6) is 5.75 Å². The molecule has 19 heavy (non-hydrogen) atoms. The fourth-order valence-corrected chi connectivity index (χ4v) is 1.41. The van der Waals surface area contributed by atoms with Crippen molar-refractivity contribution < 1.29 is 14.3 Å². The third-order valence-electron chi connectivity index (χ3n) is 1.86. The number of carbonyl (C=O) groups excluding carboxylic acids is 1. The van der Waals surface area contributed by atoms with Crippen molar-refractivity contribution in [2.45, 2.75) is 26.4 Å². The maximum atomic E-state index is 11.7. The Bertz CT molecular complexity index is 504. The summed E-state index contributed by atoms with van der Waals surface area (Å²) < 4.78 is 10.3. The zero-order chi connectivity index (χ0) is 14.5. The lowest BCUT2D eigenvalue weighted by atomic mass is 10.2. The highest BCUT2D eigenvalue weighted by atomic mass is 35.5. The third-order valence-corrected chi connectivity index (χ3v) is 2.10. The Kier molecular flexibility index (Phi) is 5.02. The first-order valence-electron chi connectivity index (χ1n) is 5.57. The quantitative estimate of drug-likeness (QED) is 0.854. The first-order valence-corrected chi connectivity index (χ1v) is 5.95. The molecule has 0 heterocycles. The van der Waals surface area contributed by atoms with Crippen molar-refractivity contribution in [1.82, 2.24) is 0 Å². The average molecular weight is 283 g/mol. The van der Waals surface area contributed by atoms with Crippen LogP contribution in [0, 0.1) is 6.57 Å². The monoisotopic (exact) mass is 282 g/mol. The van der Waals surface area contributed by atoms with E-state index in [0.29, 0.717) is 16.5 Å². The van der Waals surface area contributed by atoms with E-state index in [2.05, 4.69) is 10.2 Å². The van der Waals surface area contributed by atoms with Crippen LogP contribution in [0.15, 0.2) is 18.2 Å². The number of benzene rings is 1. The minimum absolute atomic E-state index is 0.134. The lowest BCUT2D eigenvalue weighted by Crippen LogP contribution is -2.27. The first-order chi connectivity index (χ1) is 8.81. The molecule has 6 heteroatoms. The summed E-state index contributed by atoms with van der Waals surface area (Å²) in [5, 5.41) is 2.99. The molecule has 0 aromatic heterocycles. The third kappa shape index (κ3) is 5.49. The van der Waals surface area contributed by atoms with Gasteiger partial charge in [0.1, 0.15) is 5.60 Å². The molecule has 0 aliphatic rings. The molecular weight excluding hydrogens is 268 g/mol. The molecule has 1 aromatic carbocycles. The van der Waals surface area contributed by atoms with Gasteiger partial charge in [0.2, 0.25) is 0 Å². The van der Waals surface area contributed by atoms with Crippen molar-refractivity contribution in [3.8, 4) is 5.75 Å². The molecule has 1 rings (SSSR count). The summed E-state index contributed by atoms with van der Waals surface area (Å²) in [5.41, 5.74) is -0.231. The predicted octanol–water partition coefficient (Wildman–Crippen LogP) is 3.94. The number of carbonyl (C=O) groups is 1. The van der Waals surface area contributed by atoms with Crippen molar-refractivity contribution in [2.24, 2.45) is 0 Å². The van der Waals surface area contributed by atoms with Crippen LogP contribution in [-0.2, 0) is 4.74 Å². The number of amides is 1. The highest BCUT2D eigenvalue weighted by Crippen LogP contribution is 2.28. The Morgan fingerprint density at radius 2 is 2.16 bits per heavy atom. The normalized spacial score (nSPS) is 10.5. The molecule has 0 spiro atoms. The molecule has 1 aromatic rings. The van der Waals surface area contributed by atoms with E-state index in [1.165, 1.54) is 6.07 Å². The predicted molar refractivity (Wildman–Crippen MR) is 73.4 cm³/mol. The SMILES string of the molecule is [C-]#[N+]COc1ccc(Cl)cc1NC(=O)OC(C)(C)C.